The molecule has 0 aliphatic carbocycles. The van der Waals surface area contributed by atoms with Gasteiger partial charge in [0.05, 0.1) is 12.2 Å². The first kappa shape index (κ1) is 30.1. The smallest absolute Gasteiger partial charge is 0.342 e. The molecule has 4 atom stereocenters. The SMILES string of the molecule is C=CC[C@@H]1C[C@H]2C[C@@H](O[Si](C)(C)C(C)(C)C)C[C@@H](Cc3cccc(O[Si](C)(C)C(C)(C)C)c3C(=O)O1)O2. The molecule has 0 spiro atoms. The van der Waals surface area contributed by atoms with Crippen LogP contribution in [0.1, 0.15) is 83.1 Å². The van der Waals surface area contributed by atoms with E-state index in [2.05, 4.69) is 74.3 Å². The average molecular weight is 547 g/mol. The van der Waals surface area contributed by atoms with Crippen LogP contribution in [-0.4, -0.2) is 47.0 Å². The molecule has 2 aliphatic heterocycles. The maximum absolute atomic E-state index is 13.7. The summed E-state index contributed by atoms with van der Waals surface area (Å²) in [6.07, 6.45) is 5.16. The first-order chi connectivity index (χ1) is 16.9. The van der Waals surface area contributed by atoms with Crippen LogP contribution in [0.25, 0.3) is 0 Å². The molecule has 0 saturated carbocycles. The second-order valence-electron chi connectivity index (χ2n) is 14.0. The lowest BCUT2D eigenvalue weighted by Gasteiger charge is -2.44. The Bertz CT molecular complexity index is 973. The highest BCUT2D eigenvalue weighted by Gasteiger charge is 2.43. The predicted molar refractivity (Wildman–Crippen MR) is 157 cm³/mol. The molecule has 208 valence electrons. The monoisotopic (exact) mass is 546 g/mol. The Morgan fingerprint density at radius 2 is 1.59 bits per heavy atom. The molecular weight excluding hydrogens is 496 g/mol. The molecule has 37 heavy (non-hydrogen) atoms. The van der Waals surface area contributed by atoms with Crippen molar-refractivity contribution in [2.24, 2.45) is 0 Å². The quantitative estimate of drug-likeness (QED) is 0.205. The van der Waals surface area contributed by atoms with Gasteiger partial charge in [0.2, 0.25) is 0 Å². The van der Waals surface area contributed by atoms with Gasteiger partial charge >= 0.3 is 5.97 Å². The van der Waals surface area contributed by atoms with Crippen molar-refractivity contribution in [3.05, 3.63) is 42.0 Å². The summed E-state index contributed by atoms with van der Waals surface area (Å²) in [5.41, 5.74) is 1.48. The standard InChI is InChI=1S/C30H50O5Si2/c1-12-14-22-18-24-20-25(34-36(8,9)29(2,3)4)19-23(32-24)17-21-15-13-16-26(27(21)28(31)33-22)35-37(10,11)30(5,6)7/h12-13,15-16,22-25H,1,14,17-20H2,2-11H3/t22-,23-,24+,25+/m1/s1. The second kappa shape index (κ2) is 11.0. The molecule has 0 aromatic heterocycles. The normalized spacial score (nSPS) is 25.6. The van der Waals surface area contributed by atoms with Crippen LogP contribution in [0.3, 0.4) is 0 Å². The molecule has 1 fully saturated rings. The molecular formula is C30H50O5Si2. The van der Waals surface area contributed by atoms with E-state index in [-0.39, 0.29) is 40.5 Å². The Morgan fingerprint density at radius 3 is 2.19 bits per heavy atom. The summed E-state index contributed by atoms with van der Waals surface area (Å²) in [6, 6.07) is 5.93. The third-order valence-electron chi connectivity index (χ3n) is 8.87. The van der Waals surface area contributed by atoms with Crippen LogP contribution in [0.4, 0.5) is 0 Å². The lowest BCUT2D eigenvalue weighted by molar-refractivity contribution is -0.106. The van der Waals surface area contributed by atoms with Crippen LogP contribution < -0.4 is 4.43 Å². The van der Waals surface area contributed by atoms with E-state index in [1.807, 2.05) is 24.3 Å². The van der Waals surface area contributed by atoms with Gasteiger partial charge in [-0.15, -0.1) is 6.58 Å². The van der Waals surface area contributed by atoms with E-state index in [4.69, 9.17) is 18.3 Å². The molecule has 0 radical (unpaired) electrons. The van der Waals surface area contributed by atoms with Crippen LogP contribution >= 0.6 is 0 Å². The number of rotatable bonds is 6. The topological polar surface area (TPSA) is 54.0 Å². The summed E-state index contributed by atoms with van der Waals surface area (Å²) in [6.45, 7) is 26.4. The highest BCUT2D eigenvalue weighted by Crippen LogP contribution is 2.42. The van der Waals surface area contributed by atoms with Crippen molar-refractivity contribution in [3.8, 4) is 5.75 Å². The molecule has 1 saturated heterocycles. The number of carbonyl (C=O) groups is 1. The fourth-order valence-corrected chi connectivity index (χ4v) is 7.06. The molecule has 7 heteroatoms. The first-order valence-corrected chi connectivity index (χ1v) is 19.7. The summed E-state index contributed by atoms with van der Waals surface area (Å²) in [4.78, 5) is 13.7. The van der Waals surface area contributed by atoms with Gasteiger partial charge < -0.3 is 18.3 Å². The maximum Gasteiger partial charge on any atom is 0.342 e. The zero-order valence-corrected chi connectivity index (χ0v) is 26.9. The zero-order valence-electron chi connectivity index (χ0n) is 24.9. The van der Waals surface area contributed by atoms with Gasteiger partial charge in [-0.05, 0) is 67.2 Å². The van der Waals surface area contributed by atoms with E-state index < -0.39 is 16.6 Å². The molecule has 5 nitrogen and oxygen atoms in total. The fourth-order valence-electron chi connectivity index (χ4n) is 4.66. The van der Waals surface area contributed by atoms with Gasteiger partial charge in [0.1, 0.15) is 17.4 Å². The van der Waals surface area contributed by atoms with Crippen LogP contribution in [0, 0.1) is 0 Å². The highest BCUT2D eigenvalue weighted by molar-refractivity contribution is 6.75. The minimum absolute atomic E-state index is 0.00893. The van der Waals surface area contributed by atoms with Gasteiger partial charge in [0.15, 0.2) is 8.32 Å². The predicted octanol–water partition coefficient (Wildman–Crippen LogP) is 8.06. The van der Waals surface area contributed by atoms with Crippen molar-refractivity contribution in [3.63, 3.8) is 0 Å². The molecule has 2 bridgehead atoms. The van der Waals surface area contributed by atoms with Crippen LogP contribution in [-0.2, 0) is 20.3 Å². The zero-order chi connectivity index (χ0) is 27.8. The lowest BCUT2D eigenvalue weighted by atomic mass is 9.91. The largest absolute Gasteiger partial charge is 0.543 e. The number of cyclic esters (lactones) is 1. The third kappa shape index (κ3) is 7.17. The van der Waals surface area contributed by atoms with E-state index in [1.54, 1.807) is 0 Å². The van der Waals surface area contributed by atoms with E-state index in [9.17, 15) is 4.79 Å². The molecule has 1 aromatic rings. The Balaban J connectivity index is 2.00. The van der Waals surface area contributed by atoms with E-state index in [0.29, 0.717) is 30.6 Å². The Hall–Kier alpha value is -1.42. The van der Waals surface area contributed by atoms with Crippen molar-refractivity contribution in [1.82, 2.24) is 0 Å². The van der Waals surface area contributed by atoms with E-state index in [1.165, 1.54) is 0 Å². The fraction of sp³-hybridized carbons (Fsp3) is 0.700. The van der Waals surface area contributed by atoms with Gasteiger partial charge in [0.25, 0.3) is 8.32 Å². The minimum Gasteiger partial charge on any atom is -0.543 e. The molecule has 0 unspecified atom stereocenters. The molecule has 0 amide bonds. The number of hydrogen-bond donors (Lipinski definition) is 0. The van der Waals surface area contributed by atoms with Crippen molar-refractivity contribution >= 4 is 22.6 Å². The summed E-state index contributed by atoms with van der Waals surface area (Å²) >= 11 is 0. The Kier molecular flexibility index (Phi) is 8.95. The number of benzene rings is 1. The highest BCUT2D eigenvalue weighted by atomic mass is 28.4. The number of esters is 1. The van der Waals surface area contributed by atoms with E-state index in [0.717, 1.165) is 18.4 Å². The first-order valence-electron chi connectivity index (χ1n) is 13.9. The van der Waals surface area contributed by atoms with Gasteiger partial charge in [-0.25, -0.2) is 4.79 Å². The van der Waals surface area contributed by atoms with Crippen molar-refractivity contribution < 1.29 is 23.1 Å². The lowest BCUT2D eigenvalue weighted by Crippen LogP contribution is -2.48. The van der Waals surface area contributed by atoms with Crippen molar-refractivity contribution in [1.29, 1.82) is 0 Å². The number of hydrogen-bond acceptors (Lipinski definition) is 5. The van der Waals surface area contributed by atoms with Crippen LogP contribution in [0.2, 0.25) is 36.3 Å². The Labute approximate surface area is 227 Å². The van der Waals surface area contributed by atoms with Crippen LogP contribution in [0.15, 0.2) is 30.9 Å². The van der Waals surface area contributed by atoms with Crippen molar-refractivity contribution in [2.45, 2.75) is 134 Å². The maximum atomic E-state index is 13.7. The van der Waals surface area contributed by atoms with Crippen molar-refractivity contribution in [2.75, 3.05) is 0 Å². The van der Waals surface area contributed by atoms with Gasteiger partial charge in [-0.1, -0.05) is 59.8 Å². The number of carbonyl (C=O) groups excluding carboxylic acids is 1. The summed E-state index contributed by atoms with van der Waals surface area (Å²) in [5, 5.41) is 0.153. The van der Waals surface area contributed by atoms with Crippen LogP contribution in [0.5, 0.6) is 5.75 Å². The molecule has 0 N–H and O–H groups in total. The Morgan fingerprint density at radius 1 is 0.973 bits per heavy atom. The molecule has 1 aromatic carbocycles. The van der Waals surface area contributed by atoms with Gasteiger partial charge in [0, 0.05) is 18.9 Å². The van der Waals surface area contributed by atoms with E-state index >= 15 is 0 Å². The molecule has 2 heterocycles. The average Bonchev–Trinajstić information content (AvgIpc) is 2.71. The minimum atomic E-state index is -2.17. The molecule has 2 aliphatic rings. The number of ether oxygens (including phenoxy) is 2. The summed E-state index contributed by atoms with van der Waals surface area (Å²) in [7, 11) is -4.10. The van der Waals surface area contributed by atoms with Gasteiger partial charge in [-0.3, -0.25) is 0 Å². The molecule has 3 rings (SSSR count). The number of fused-ring (bicyclic) bond motifs is 3. The third-order valence-corrected chi connectivity index (χ3v) is 17.7. The summed E-state index contributed by atoms with van der Waals surface area (Å²) < 4.78 is 26.3. The second-order valence-corrected chi connectivity index (χ2v) is 23.5. The summed E-state index contributed by atoms with van der Waals surface area (Å²) in [5.74, 6) is 0.332. The van der Waals surface area contributed by atoms with Gasteiger partial charge in [-0.2, -0.15) is 0 Å².